The van der Waals surface area contributed by atoms with E-state index in [9.17, 15) is 4.79 Å². The molecule has 1 saturated heterocycles. The van der Waals surface area contributed by atoms with Crippen LogP contribution in [0.5, 0.6) is 0 Å². The van der Waals surface area contributed by atoms with E-state index < -0.39 is 0 Å². The second-order valence-corrected chi connectivity index (χ2v) is 9.38. The van der Waals surface area contributed by atoms with E-state index in [4.69, 9.17) is 11.6 Å². The molecule has 1 amide bonds. The summed E-state index contributed by atoms with van der Waals surface area (Å²) in [6, 6.07) is 25.2. The number of carbonyl (C=O) groups excluding carboxylic acids is 1. The number of nitrogens with one attached hydrogen (secondary N) is 1. The third-order valence-electron chi connectivity index (χ3n) is 6.27. The summed E-state index contributed by atoms with van der Waals surface area (Å²) in [5.41, 5.74) is 5.56. The van der Waals surface area contributed by atoms with Crippen LogP contribution in [0.2, 0.25) is 5.02 Å². The molecule has 1 aliphatic rings. The molecule has 1 N–H and O–H groups in total. The van der Waals surface area contributed by atoms with Gasteiger partial charge in [0.15, 0.2) is 0 Å². The predicted molar refractivity (Wildman–Crippen MR) is 132 cm³/mol. The lowest BCUT2D eigenvalue weighted by Crippen LogP contribution is -2.51. The van der Waals surface area contributed by atoms with Crippen molar-refractivity contribution in [3.63, 3.8) is 0 Å². The lowest BCUT2D eigenvalue weighted by molar-refractivity contribution is 0.0576. The van der Waals surface area contributed by atoms with Gasteiger partial charge in [-0.3, -0.25) is 4.79 Å². The molecule has 0 radical (unpaired) electrons. The number of rotatable bonds is 6. The third kappa shape index (κ3) is 5.79. The minimum Gasteiger partial charge on any atom is -0.335 e. The number of aryl methyl sites for hydroxylation is 2. The number of likely N-dealkylation sites (tertiary alicyclic amines) is 1. The number of piperidine rings is 1. The Bertz CT molecular complexity index is 1030. The van der Waals surface area contributed by atoms with E-state index in [0.29, 0.717) is 6.04 Å². The number of amides is 1. The molecular formula is C28H31ClN2O. The summed E-state index contributed by atoms with van der Waals surface area (Å²) in [6.45, 7) is 5.68. The monoisotopic (exact) mass is 446 g/mol. The fraction of sp³-hybridized carbons (Fsp3) is 0.321. The highest BCUT2D eigenvalue weighted by molar-refractivity contribution is 6.30. The fourth-order valence-electron chi connectivity index (χ4n) is 4.71. The van der Waals surface area contributed by atoms with Gasteiger partial charge in [-0.1, -0.05) is 71.3 Å². The molecule has 3 aromatic rings. The summed E-state index contributed by atoms with van der Waals surface area (Å²) in [6.07, 6.45) is 2.77. The number of carbonyl (C=O) groups is 1. The number of benzene rings is 3. The Labute approximate surface area is 196 Å². The summed E-state index contributed by atoms with van der Waals surface area (Å²) >= 11 is 6.01. The molecule has 1 aliphatic heterocycles. The van der Waals surface area contributed by atoms with Crippen molar-refractivity contribution in [1.29, 1.82) is 0 Å². The van der Waals surface area contributed by atoms with Gasteiger partial charge in [-0.25, -0.2) is 0 Å². The van der Waals surface area contributed by atoms with Crippen molar-refractivity contribution in [2.45, 2.75) is 51.7 Å². The average molecular weight is 447 g/mol. The van der Waals surface area contributed by atoms with Crippen LogP contribution in [0.4, 0.5) is 0 Å². The Balaban J connectivity index is 1.49. The van der Waals surface area contributed by atoms with Gasteiger partial charge in [0.05, 0.1) is 0 Å². The van der Waals surface area contributed by atoms with Crippen LogP contribution >= 0.6 is 11.6 Å². The highest BCUT2D eigenvalue weighted by atomic mass is 35.5. The van der Waals surface area contributed by atoms with Crippen LogP contribution in [0.1, 0.15) is 45.5 Å². The molecule has 3 aromatic carbocycles. The zero-order valence-electron chi connectivity index (χ0n) is 18.9. The van der Waals surface area contributed by atoms with Crippen LogP contribution in [0, 0.1) is 13.8 Å². The van der Waals surface area contributed by atoms with Crippen molar-refractivity contribution in [1.82, 2.24) is 10.2 Å². The molecular weight excluding hydrogens is 416 g/mol. The van der Waals surface area contributed by atoms with Gasteiger partial charge in [0.1, 0.15) is 0 Å². The molecule has 0 spiro atoms. The van der Waals surface area contributed by atoms with Crippen LogP contribution < -0.4 is 5.32 Å². The van der Waals surface area contributed by atoms with Crippen LogP contribution in [0.15, 0.2) is 72.8 Å². The van der Waals surface area contributed by atoms with Crippen molar-refractivity contribution < 1.29 is 4.79 Å². The Hall–Kier alpha value is -2.62. The lowest BCUT2D eigenvalue weighted by Gasteiger charge is -2.40. The normalized spacial score (nSPS) is 18.5. The maximum Gasteiger partial charge on any atom is 0.254 e. The van der Waals surface area contributed by atoms with Crippen molar-refractivity contribution >= 4 is 17.5 Å². The minimum atomic E-state index is 0.147. The van der Waals surface area contributed by atoms with Crippen molar-refractivity contribution in [2.75, 3.05) is 6.54 Å². The minimum absolute atomic E-state index is 0.147. The molecule has 2 atom stereocenters. The van der Waals surface area contributed by atoms with Gasteiger partial charge in [-0.05, 0) is 68.5 Å². The van der Waals surface area contributed by atoms with E-state index in [0.717, 1.165) is 54.1 Å². The first kappa shape index (κ1) is 22.6. The van der Waals surface area contributed by atoms with E-state index >= 15 is 0 Å². The van der Waals surface area contributed by atoms with Crippen molar-refractivity contribution in [2.24, 2.45) is 0 Å². The summed E-state index contributed by atoms with van der Waals surface area (Å²) in [4.78, 5) is 15.6. The average Bonchev–Trinajstić information content (AvgIpc) is 2.78. The molecule has 0 bridgehead atoms. The SMILES string of the molecule is Cc1cc(C)cc(C(=O)N2CCC(NCc3ccc(Cl)cc3)CC2Cc2ccccc2)c1. The van der Waals surface area contributed by atoms with E-state index in [-0.39, 0.29) is 11.9 Å². The van der Waals surface area contributed by atoms with Gasteiger partial charge in [0, 0.05) is 35.8 Å². The topological polar surface area (TPSA) is 32.3 Å². The first-order valence-corrected chi connectivity index (χ1v) is 11.8. The molecule has 166 valence electrons. The molecule has 1 fully saturated rings. The lowest BCUT2D eigenvalue weighted by atomic mass is 9.91. The second-order valence-electron chi connectivity index (χ2n) is 8.95. The summed E-state index contributed by atoms with van der Waals surface area (Å²) in [7, 11) is 0. The number of halogens is 1. The zero-order chi connectivity index (χ0) is 22.5. The Kier molecular flexibility index (Phi) is 7.29. The van der Waals surface area contributed by atoms with Gasteiger partial charge in [0.25, 0.3) is 5.91 Å². The second kappa shape index (κ2) is 10.3. The van der Waals surface area contributed by atoms with E-state index in [2.05, 4.69) is 66.5 Å². The molecule has 0 aliphatic carbocycles. The Morgan fingerprint density at radius 3 is 2.34 bits per heavy atom. The van der Waals surface area contributed by atoms with Crippen molar-refractivity contribution in [3.8, 4) is 0 Å². The first-order chi connectivity index (χ1) is 15.5. The van der Waals surface area contributed by atoms with E-state index in [1.807, 2.05) is 30.3 Å². The molecule has 2 unspecified atom stereocenters. The zero-order valence-corrected chi connectivity index (χ0v) is 19.6. The standard InChI is InChI=1S/C28H31ClN2O/c1-20-14-21(2)16-24(15-20)28(32)31-13-12-26(30-19-23-8-10-25(29)11-9-23)18-27(31)17-22-6-4-3-5-7-22/h3-11,14-16,26-27,30H,12-13,17-19H2,1-2H3. The largest absolute Gasteiger partial charge is 0.335 e. The summed E-state index contributed by atoms with van der Waals surface area (Å²) < 4.78 is 0. The molecule has 32 heavy (non-hydrogen) atoms. The van der Waals surface area contributed by atoms with E-state index in [1.54, 1.807) is 0 Å². The quantitative estimate of drug-likeness (QED) is 0.506. The maximum atomic E-state index is 13.5. The van der Waals surface area contributed by atoms with Gasteiger partial charge in [-0.15, -0.1) is 0 Å². The number of hydrogen-bond acceptors (Lipinski definition) is 2. The van der Waals surface area contributed by atoms with Gasteiger partial charge in [0.2, 0.25) is 0 Å². The van der Waals surface area contributed by atoms with Crippen LogP contribution in [-0.4, -0.2) is 29.4 Å². The summed E-state index contributed by atoms with van der Waals surface area (Å²) in [5.74, 6) is 0.147. The van der Waals surface area contributed by atoms with Crippen molar-refractivity contribution in [3.05, 3.63) is 106 Å². The van der Waals surface area contributed by atoms with Crippen LogP contribution in [0.25, 0.3) is 0 Å². The fourth-order valence-corrected chi connectivity index (χ4v) is 4.84. The van der Waals surface area contributed by atoms with Gasteiger partial charge < -0.3 is 10.2 Å². The number of hydrogen-bond donors (Lipinski definition) is 1. The molecule has 0 saturated carbocycles. The van der Waals surface area contributed by atoms with E-state index in [1.165, 1.54) is 11.1 Å². The van der Waals surface area contributed by atoms with Crippen LogP contribution in [-0.2, 0) is 13.0 Å². The smallest absolute Gasteiger partial charge is 0.254 e. The Morgan fingerprint density at radius 1 is 0.969 bits per heavy atom. The maximum absolute atomic E-state index is 13.5. The van der Waals surface area contributed by atoms with Crippen LogP contribution in [0.3, 0.4) is 0 Å². The first-order valence-electron chi connectivity index (χ1n) is 11.4. The highest BCUT2D eigenvalue weighted by Gasteiger charge is 2.32. The molecule has 4 rings (SSSR count). The number of nitrogens with zero attached hydrogens (tertiary/aromatic N) is 1. The predicted octanol–water partition coefficient (Wildman–Crippen LogP) is 5.96. The molecule has 0 aromatic heterocycles. The van der Waals surface area contributed by atoms with Gasteiger partial charge in [-0.2, -0.15) is 0 Å². The molecule has 1 heterocycles. The molecule has 3 nitrogen and oxygen atoms in total. The Morgan fingerprint density at radius 2 is 1.66 bits per heavy atom. The van der Waals surface area contributed by atoms with Gasteiger partial charge >= 0.3 is 0 Å². The summed E-state index contributed by atoms with van der Waals surface area (Å²) in [5, 5.41) is 4.47. The highest BCUT2D eigenvalue weighted by Crippen LogP contribution is 2.25. The molecule has 4 heteroatoms. The third-order valence-corrected chi connectivity index (χ3v) is 6.52.